The van der Waals surface area contributed by atoms with E-state index in [-0.39, 0.29) is 12.4 Å². The summed E-state index contributed by atoms with van der Waals surface area (Å²) in [6.07, 6.45) is 8.58. The minimum Gasteiger partial charge on any atom is -1.00 e. The molecule has 0 saturated heterocycles. The number of hydrogen-bond donors (Lipinski definition) is 2. The van der Waals surface area contributed by atoms with Crippen LogP contribution in [0.3, 0.4) is 0 Å². The number of aryl methyl sites for hydroxylation is 3. The van der Waals surface area contributed by atoms with E-state index in [2.05, 4.69) is 40.3 Å². The van der Waals surface area contributed by atoms with Crippen molar-refractivity contribution in [3.63, 3.8) is 0 Å². The molecule has 5 nitrogen and oxygen atoms in total. The van der Waals surface area contributed by atoms with Crippen LogP contribution in [0.5, 0.6) is 0 Å². The number of anilines is 2. The van der Waals surface area contributed by atoms with Crippen LogP contribution in [0.25, 0.3) is 5.52 Å². The molecule has 0 radical (unpaired) electrons. The van der Waals surface area contributed by atoms with Gasteiger partial charge in [0.15, 0.2) is 18.2 Å². The van der Waals surface area contributed by atoms with Gasteiger partial charge in [-0.3, -0.25) is 0 Å². The van der Waals surface area contributed by atoms with Crippen LogP contribution in [-0.2, 0) is 26.3 Å². The number of nitrogen functional groups attached to an aromatic ring is 1. The predicted octanol–water partition coefficient (Wildman–Crippen LogP) is -1.11. The number of fused-ring (bicyclic) bond motifs is 3. The van der Waals surface area contributed by atoms with Crippen LogP contribution < -0.4 is 28.0 Å². The Kier molecular flexibility index (Phi) is 4.62. The summed E-state index contributed by atoms with van der Waals surface area (Å²) in [5, 5.41) is 8.10. The molecule has 126 valence electrons. The van der Waals surface area contributed by atoms with Gasteiger partial charge in [0, 0.05) is 23.9 Å². The first-order chi connectivity index (χ1) is 11.2. The number of rotatable bonds is 4. The Hall–Kier alpha value is -2.27. The number of pyridine rings is 2. The highest BCUT2D eigenvalue weighted by Gasteiger charge is 2.18. The Morgan fingerprint density at radius 3 is 3.00 bits per heavy atom. The smallest absolute Gasteiger partial charge is 0.172 e. The Balaban J connectivity index is 0.00000169. The van der Waals surface area contributed by atoms with Gasteiger partial charge < -0.3 is 23.5 Å². The van der Waals surface area contributed by atoms with Crippen LogP contribution in [0.15, 0.2) is 36.7 Å². The third kappa shape index (κ3) is 2.91. The van der Waals surface area contributed by atoms with E-state index in [9.17, 15) is 0 Å². The van der Waals surface area contributed by atoms with Gasteiger partial charge in [-0.1, -0.05) is 6.07 Å². The second-order valence-electron chi connectivity index (χ2n) is 6.27. The summed E-state index contributed by atoms with van der Waals surface area (Å²) in [4.78, 5) is 0. The zero-order valence-corrected chi connectivity index (χ0v) is 14.6. The molecule has 1 aliphatic rings. The highest BCUT2D eigenvalue weighted by molar-refractivity contribution is 5.81. The van der Waals surface area contributed by atoms with Crippen molar-refractivity contribution in [1.82, 2.24) is 9.61 Å². The summed E-state index contributed by atoms with van der Waals surface area (Å²) in [5.74, 6) is 0.797. The zero-order chi connectivity index (χ0) is 15.8. The van der Waals surface area contributed by atoms with Gasteiger partial charge in [0.25, 0.3) is 0 Å². The van der Waals surface area contributed by atoms with Gasteiger partial charge in [-0.25, -0.2) is 9.08 Å². The van der Waals surface area contributed by atoms with Crippen molar-refractivity contribution < 1.29 is 17.0 Å². The average Bonchev–Trinajstić information content (AvgIpc) is 3.13. The standard InChI is InChI=1S/C18H22N5.ClH/c1-22-11-3-4-13(12-22)9-10-20-18-17(19)16-8-7-14-5-2-6-15(14)23(16)21-18;/h3-4,7-8,11-12H,2,5-6,9-10,19H2,1H3,(H,20,21);1H/q+1;/p-1. The second kappa shape index (κ2) is 6.69. The summed E-state index contributed by atoms with van der Waals surface area (Å²) in [6.45, 7) is 0.820. The summed E-state index contributed by atoms with van der Waals surface area (Å²) in [6, 6.07) is 8.50. The molecular formula is C18H22ClN5. The number of halogens is 1. The molecule has 4 rings (SSSR count). The maximum absolute atomic E-state index is 6.29. The lowest BCUT2D eigenvalue weighted by molar-refractivity contribution is -0.671. The number of nitrogens with two attached hydrogens (primary N) is 1. The fourth-order valence-electron chi connectivity index (χ4n) is 3.42. The molecular weight excluding hydrogens is 322 g/mol. The molecule has 0 saturated carbocycles. The zero-order valence-electron chi connectivity index (χ0n) is 13.8. The van der Waals surface area contributed by atoms with E-state index in [1.54, 1.807) is 0 Å². The SMILES string of the molecule is C[n+]1cccc(CCNc2nn3c4c(ccc3c2N)CCC4)c1.[Cl-]. The van der Waals surface area contributed by atoms with Gasteiger partial charge >= 0.3 is 0 Å². The average molecular weight is 344 g/mol. The normalized spacial score (nSPS) is 12.9. The van der Waals surface area contributed by atoms with E-state index in [4.69, 9.17) is 10.8 Å². The molecule has 3 aromatic rings. The lowest BCUT2D eigenvalue weighted by atomic mass is 10.2. The maximum atomic E-state index is 6.29. The van der Waals surface area contributed by atoms with Crippen molar-refractivity contribution in [3.05, 3.63) is 53.5 Å². The lowest BCUT2D eigenvalue weighted by Crippen LogP contribution is -3.00. The Labute approximate surface area is 147 Å². The Bertz CT molecular complexity index is 871. The number of hydrogen-bond acceptors (Lipinski definition) is 3. The van der Waals surface area contributed by atoms with Crippen molar-refractivity contribution in [2.75, 3.05) is 17.6 Å². The van der Waals surface area contributed by atoms with E-state index < -0.39 is 0 Å². The third-order valence-electron chi connectivity index (χ3n) is 4.59. The number of nitrogens with one attached hydrogen (secondary N) is 1. The first kappa shape index (κ1) is 16.6. The fourth-order valence-corrected chi connectivity index (χ4v) is 3.42. The molecule has 3 aromatic heterocycles. The van der Waals surface area contributed by atoms with Gasteiger partial charge in [0.2, 0.25) is 0 Å². The van der Waals surface area contributed by atoms with E-state index in [1.165, 1.54) is 23.2 Å². The van der Waals surface area contributed by atoms with Crippen LogP contribution in [0, 0.1) is 0 Å². The highest BCUT2D eigenvalue weighted by Crippen LogP contribution is 2.29. The Morgan fingerprint density at radius 1 is 1.29 bits per heavy atom. The van der Waals surface area contributed by atoms with Crippen molar-refractivity contribution in [3.8, 4) is 0 Å². The highest BCUT2D eigenvalue weighted by atomic mass is 35.5. The predicted molar refractivity (Wildman–Crippen MR) is 91.4 cm³/mol. The van der Waals surface area contributed by atoms with E-state index >= 15 is 0 Å². The quantitative estimate of drug-likeness (QED) is 0.591. The molecule has 24 heavy (non-hydrogen) atoms. The lowest BCUT2D eigenvalue weighted by Gasteiger charge is -2.03. The molecule has 0 spiro atoms. The van der Waals surface area contributed by atoms with Crippen molar-refractivity contribution in [2.45, 2.75) is 25.7 Å². The summed E-state index contributed by atoms with van der Waals surface area (Å²) < 4.78 is 4.10. The second-order valence-corrected chi connectivity index (χ2v) is 6.27. The van der Waals surface area contributed by atoms with Crippen molar-refractivity contribution in [1.29, 1.82) is 0 Å². The van der Waals surface area contributed by atoms with E-state index in [0.717, 1.165) is 42.8 Å². The fraction of sp³-hybridized carbons (Fsp3) is 0.333. The third-order valence-corrected chi connectivity index (χ3v) is 4.59. The van der Waals surface area contributed by atoms with Crippen LogP contribution in [0.2, 0.25) is 0 Å². The monoisotopic (exact) mass is 343 g/mol. The molecule has 3 N–H and O–H groups in total. The molecule has 0 fully saturated rings. The first-order valence-electron chi connectivity index (χ1n) is 8.19. The van der Waals surface area contributed by atoms with Crippen molar-refractivity contribution >= 4 is 17.0 Å². The molecule has 0 aromatic carbocycles. The molecule has 0 amide bonds. The minimum absolute atomic E-state index is 0. The molecule has 1 aliphatic carbocycles. The van der Waals surface area contributed by atoms with Gasteiger partial charge in [-0.15, -0.1) is 5.10 Å². The van der Waals surface area contributed by atoms with Crippen LogP contribution >= 0.6 is 0 Å². The van der Waals surface area contributed by atoms with E-state index in [1.807, 2.05) is 17.8 Å². The molecule has 6 heteroatoms. The summed E-state index contributed by atoms with van der Waals surface area (Å²) >= 11 is 0. The largest absolute Gasteiger partial charge is 1.00 e. The van der Waals surface area contributed by atoms with Crippen LogP contribution in [0.4, 0.5) is 11.5 Å². The van der Waals surface area contributed by atoms with Gasteiger partial charge in [0.05, 0.1) is 5.52 Å². The maximum Gasteiger partial charge on any atom is 0.172 e. The molecule has 0 unspecified atom stereocenters. The topological polar surface area (TPSA) is 59.2 Å². The Morgan fingerprint density at radius 2 is 2.17 bits per heavy atom. The molecule has 0 bridgehead atoms. The van der Waals surface area contributed by atoms with Crippen LogP contribution in [0.1, 0.15) is 23.2 Å². The number of nitrogens with zero attached hydrogens (tertiary/aromatic N) is 3. The minimum atomic E-state index is 0. The molecule has 0 aliphatic heterocycles. The van der Waals surface area contributed by atoms with Gasteiger partial charge in [0.1, 0.15) is 12.7 Å². The summed E-state index contributed by atoms with van der Waals surface area (Å²) in [5.41, 5.74) is 12.1. The van der Waals surface area contributed by atoms with E-state index in [0.29, 0.717) is 0 Å². The number of aromatic nitrogens is 3. The van der Waals surface area contributed by atoms with Crippen molar-refractivity contribution in [2.24, 2.45) is 7.05 Å². The van der Waals surface area contributed by atoms with Gasteiger partial charge in [-0.05, 0) is 43.4 Å². The summed E-state index contributed by atoms with van der Waals surface area (Å²) in [7, 11) is 2.04. The molecule has 0 atom stereocenters. The first-order valence-corrected chi connectivity index (χ1v) is 8.19. The van der Waals surface area contributed by atoms with Gasteiger partial charge in [-0.2, -0.15) is 0 Å². The molecule has 3 heterocycles. The van der Waals surface area contributed by atoms with Crippen LogP contribution in [-0.4, -0.2) is 16.2 Å².